The van der Waals surface area contributed by atoms with Crippen LogP contribution in [0.5, 0.6) is 5.75 Å². The third-order valence-electron chi connectivity index (χ3n) is 6.97. The fourth-order valence-electron chi connectivity index (χ4n) is 4.85. The number of ether oxygens (including phenoxy) is 2. The second-order valence-electron chi connectivity index (χ2n) is 10.3. The summed E-state index contributed by atoms with van der Waals surface area (Å²) in [5.41, 5.74) is 0.216. The first kappa shape index (κ1) is 33.2. The molecule has 238 valence electrons. The Labute approximate surface area is 254 Å². The lowest BCUT2D eigenvalue weighted by Crippen LogP contribution is -2.53. The number of methoxy groups -OCH3 is 1. The maximum atomic E-state index is 14.7. The van der Waals surface area contributed by atoms with Crippen LogP contribution in [0, 0.1) is 17.7 Å². The van der Waals surface area contributed by atoms with Gasteiger partial charge in [-0.05, 0) is 36.6 Å². The van der Waals surface area contributed by atoms with Crippen LogP contribution >= 0.6 is 11.3 Å². The summed E-state index contributed by atoms with van der Waals surface area (Å²) in [5, 5.41) is 8.40. The zero-order chi connectivity index (χ0) is 32.1. The van der Waals surface area contributed by atoms with Gasteiger partial charge in [-0.2, -0.15) is 13.2 Å². The van der Waals surface area contributed by atoms with Gasteiger partial charge in [0.2, 0.25) is 0 Å². The molecule has 4 rings (SSSR count). The van der Waals surface area contributed by atoms with Gasteiger partial charge in [0.25, 0.3) is 11.8 Å². The highest BCUT2D eigenvalue weighted by atomic mass is 32.1. The molecular weight excluding hydrogens is 610 g/mol. The lowest BCUT2D eigenvalue weighted by Gasteiger charge is -2.37. The van der Waals surface area contributed by atoms with Gasteiger partial charge in [0.1, 0.15) is 18.2 Å². The second-order valence-corrected chi connectivity index (χ2v) is 11.3. The number of amides is 1. The van der Waals surface area contributed by atoms with Gasteiger partial charge < -0.3 is 30.3 Å². The second kappa shape index (κ2) is 14.0. The number of hydrogen-bond donors (Lipinski definition) is 3. The minimum absolute atomic E-state index is 0.0478. The van der Waals surface area contributed by atoms with Gasteiger partial charge in [0.15, 0.2) is 0 Å². The number of thiophene rings is 1. The topological polar surface area (TPSA) is 74.9 Å². The Balaban J connectivity index is 1.62. The number of piperidine rings is 1. The summed E-state index contributed by atoms with van der Waals surface area (Å²) < 4.78 is 96.0. The number of nitrogens with zero attached hydrogens (tertiary/aromatic N) is 1. The Bertz CT molecular complexity index is 1550. The zero-order valence-corrected chi connectivity index (χ0v) is 25.1. The summed E-state index contributed by atoms with van der Waals surface area (Å²) in [7, 11) is 4.45. The van der Waals surface area contributed by atoms with Crippen LogP contribution in [0.25, 0.3) is 10.1 Å². The molecule has 1 aliphatic heterocycles. The van der Waals surface area contributed by atoms with Crippen LogP contribution in [0.1, 0.15) is 27.2 Å². The van der Waals surface area contributed by atoms with Crippen LogP contribution in [-0.4, -0.2) is 83.0 Å². The number of fused-ring (bicyclic) bond motifs is 1. The molecule has 1 atom stereocenters. The van der Waals surface area contributed by atoms with Crippen molar-refractivity contribution in [3.63, 3.8) is 0 Å². The Morgan fingerprint density at radius 3 is 2.66 bits per heavy atom. The third kappa shape index (κ3) is 8.08. The van der Waals surface area contributed by atoms with Crippen molar-refractivity contribution in [2.45, 2.75) is 31.0 Å². The Morgan fingerprint density at radius 1 is 1.20 bits per heavy atom. The number of hydrogen-bond acceptors (Lipinski definition) is 7. The smallest absolute Gasteiger partial charge is 0.393 e. The Kier molecular flexibility index (Phi) is 10.5. The van der Waals surface area contributed by atoms with Crippen molar-refractivity contribution < 1.29 is 40.6 Å². The van der Waals surface area contributed by atoms with Crippen molar-refractivity contribution in [2.75, 3.05) is 64.7 Å². The number of rotatable bonds is 10. The SMILES string of the molecule is CNC(=O)c1cc(OCCOC)c(NCC#Cc2sc3c(NC4CCN(C)CC4(F)F)cccc3c2CC(F)(F)F)cc1F. The van der Waals surface area contributed by atoms with Gasteiger partial charge in [0, 0.05) is 26.8 Å². The predicted molar refractivity (Wildman–Crippen MR) is 159 cm³/mol. The summed E-state index contributed by atoms with van der Waals surface area (Å²) in [4.78, 5) is 13.7. The first-order chi connectivity index (χ1) is 20.8. The monoisotopic (exact) mass is 642 g/mol. The van der Waals surface area contributed by atoms with Gasteiger partial charge in [-0.25, -0.2) is 13.2 Å². The molecule has 1 aromatic heterocycles. The van der Waals surface area contributed by atoms with E-state index in [2.05, 4.69) is 27.8 Å². The average molecular weight is 643 g/mol. The zero-order valence-electron chi connectivity index (χ0n) is 24.3. The Hall–Kier alpha value is -3.67. The molecule has 0 radical (unpaired) electrons. The van der Waals surface area contributed by atoms with E-state index in [1.54, 1.807) is 13.1 Å². The molecule has 1 aliphatic rings. The van der Waals surface area contributed by atoms with Crippen molar-refractivity contribution in [1.82, 2.24) is 10.2 Å². The van der Waals surface area contributed by atoms with Crippen LogP contribution in [0.4, 0.5) is 37.7 Å². The number of carbonyl (C=O) groups is 1. The van der Waals surface area contributed by atoms with Crippen LogP contribution < -0.4 is 20.7 Å². The van der Waals surface area contributed by atoms with Gasteiger partial charge in [0.05, 0.1) is 58.7 Å². The fourth-order valence-corrected chi connectivity index (χ4v) is 6.03. The number of anilines is 2. The number of carbonyl (C=O) groups excluding carboxylic acids is 1. The lowest BCUT2D eigenvalue weighted by molar-refractivity contribution is -0.126. The standard InChI is InChI=1S/C30H32F6N4O3S/c1-37-28(41)19-14-24(43-13-12-42-3)23(15-21(19)31)38-10-5-8-25-20(16-30(34,35)36)18-6-4-7-22(27(18)44-25)39-26-9-11-40(2)17-29(26,32)33/h4,6-7,14-15,26,38-39H,9-13,16-17H2,1-3H3,(H,37,41). The molecule has 0 saturated carbocycles. The van der Waals surface area contributed by atoms with Gasteiger partial charge >= 0.3 is 6.18 Å². The summed E-state index contributed by atoms with van der Waals surface area (Å²) in [5.74, 6) is 1.21. The normalized spacial score (nSPS) is 16.7. The van der Waals surface area contributed by atoms with Crippen LogP contribution in [0.2, 0.25) is 0 Å². The van der Waals surface area contributed by atoms with E-state index in [1.807, 2.05) is 0 Å². The number of nitrogens with one attached hydrogen (secondary N) is 3. The quantitative estimate of drug-likeness (QED) is 0.149. The van der Waals surface area contributed by atoms with E-state index in [0.717, 1.165) is 17.4 Å². The highest BCUT2D eigenvalue weighted by Crippen LogP contribution is 2.40. The van der Waals surface area contributed by atoms with E-state index >= 15 is 0 Å². The van der Waals surface area contributed by atoms with Crippen molar-refractivity contribution in [1.29, 1.82) is 0 Å². The molecule has 0 bridgehead atoms. The molecular formula is C30H32F6N4O3S. The van der Waals surface area contributed by atoms with Crippen molar-refractivity contribution in [2.24, 2.45) is 0 Å². The van der Waals surface area contributed by atoms with E-state index in [1.165, 1.54) is 37.3 Å². The van der Waals surface area contributed by atoms with Crippen molar-refractivity contribution in [3.8, 4) is 17.6 Å². The number of likely N-dealkylation sites (tertiary alicyclic amines) is 1. The van der Waals surface area contributed by atoms with E-state index in [9.17, 15) is 31.1 Å². The van der Waals surface area contributed by atoms with Crippen LogP contribution in [0.3, 0.4) is 0 Å². The molecule has 2 aromatic carbocycles. The largest absolute Gasteiger partial charge is 0.489 e. The van der Waals surface area contributed by atoms with E-state index in [0.29, 0.717) is 16.9 Å². The Morgan fingerprint density at radius 2 is 1.98 bits per heavy atom. The number of benzene rings is 2. The summed E-state index contributed by atoms with van der Waals surface area (Å²) >= 11 is 0.991. The molecule has 14 heteroatoms. The van der Waals surface area contributed by atoms with Gasteiger partial charge in [-0.1, -0.05) is 24.0 Å². The minimum Gasteiger partial charge on any atom is -0.489 e. The molecule has 2 heterocycles. The maximum Gasteiger partial charge on any atom is 0.393 e. The number of alkyl halides is 5. The van der Waals surface area contributed by atoms with E-state index in [-0.39, 0.29) is 59.0 Å². The molecule has 7 nitrogen and oxygen atoms in total. The molecule has 0 aliphatic carbocycles. The first-order valence-electron chi connectivity index (χ1n) is 13.7. The average Bonchev–Trinajstić information content (AvgIpc) is 3.29. The molecule has 3 N–H and O–H groups in total. The predicted octanol–water partition coefficient (Wildman–Crippen LogP) is 5.74. The highest BCUT2D eigenvalue weighted by molar-refractivity contribution is 7.20. The highest BCUT2D eigenvalue weighted by Gasteiger charge is 2.44. The summed E-state index contributed by atoms with van der Waals surface area (Å²) in [6.07, 6.45) is -5.62. The van der Waals surface area contributed by atoms with Crippen LogP contribution in [-0.2, 0) is 11.2 Å². The molecule has 44 heavy (non-hydrogen) atoms. The number of halogens is 6. The fraction of sp³-hybridized carbons (Fsp3) is 0.433. The molecule has 1 amide bonds. The van der Waals surface area contributed by atoms with Crippen molar-refractivity contribution >= 4 is 38.7 Å². The molecule has 0 spiro atoms. The minimum atomic E-state index is -4.54. The molecule has 1 saturated heterocycles. The summed E-state index contributed by atoms with van der Waals surface area (Å²) in [6.45, 7) is 0.260. The third-order valence-corrected chi connectivity index (χ3v) is 8.17. The molecule has 1 fully saturated rings. The first-order valence-corrected chi connectivity index (χ1v) is 14.5. The van der Waals surface area contributed by atoms with E-state index < -0.39 is 42.8 Å². The van der Waals surface area contributed by atoms with E-state index in [4.69, 9.17) is 9.47 Å². The van der Waals surface area contributed by atoms with Crippen LogP contribution in [0.15, 0.2) is 30.3 Å². The van der Waals surface area contributed by atoms with Crippen molar-refractivity contribution in [3.05, 3.63) is 52.2 Å². The molecule has 3 aromatic rings. The lowest BCUT2D eigenvalue weighted by atomic mass is 10.0. The van der Waals surface area contributed by atoms with Gasteiger partial charge in [-0.3, -0.25) is 4.79 Å². The maximum absolute atomic E-state index is 14.7. The van der Waals surface area contributed by atoms with Gasteiger partial charge in [-0.15, -0.1) is 11.3 Å². The molecule has 1 unspecified atom stereocenters. The summed E-state index contributed by atoms with van der Waals surface area (Å²) in [6, 6.07) is 5.76.